The van der Waals surface area contributed by atoms with Gasteiger partial charge in [-0.2, -0.15) is 0 Å². The highest BCUT2D eigenvalue weighted by atomic mass is 16.5. The molecule has 0 unspecified atom stereocenters. The number of anilines is 1. The van der Waals surface area contributed by atoms with Crippen molar-refractivity contribution in [3.05, 3.63) is 52.3 Å². The number of benzene rings is 1. The summed E-state index contributed by atoms with van der Waals surface area (Å²) in [5.74, 6) is -1.80. The fourth-order valence-electron chi connectivity index (χ4n) is 2.76. The van der Waals surface area contributed by atoms with Gasteiger partial charge in [0.1, 0.15) is 0 Å². The maximum atomic E-state index is 12.7. The number of hydrogen-bond acceptors (Lipinski definition) is 6. The Balaban J connectivity index is 2.18. The molecular formula is C19H21N3O6. The van der Waals surface area contributed by atoms with E-state index in [-0.39, 0.29) is 16.8 Å². The molecule has 0 radical (unpaired) electrons. The van der Waals surface area contributed by atoms with Gasteiger partial charge in [0.2, 0.25) is 5.78 Å². The summed E-state index contributed by atoms with van der Waals surface area (Å²) >= 11 is 0. The van der Waals surface area contributed by atoms with Crippen molar-refractivity contribution in [2.45, 2.75) is 26.9 Å². The van der Waals surface area contributed by atoms with E-state index in [2.05, 4.69) is 10.3 Å². The molecule has 2 rings (SSSR count). The highest BCUT2D eigenvalue weighted by Crippen LogP contribution is 2.21. The molecule has 9 heteroatoms. The first-order chi connectivity index (χ1) is 13.1. The molecule has 2 aromatic rings. The van der Waals surface area contributed by atoms with Gasteiger partial charge in [-0.1, -0.05) is 6.07 Å². The van der Waals surface area contributed by atoms with Crippen LogP contribution in [0.15, 0.2) is 24.3 Å². The van der Waals surface area contributed by atoms with E-state index in [0.717, 1.165) is 0 Å². The van der Waals surface area contributed by atoms with Gasteiger partial charge in [-0.15, -0.1) is 0 Å². The lowest BCUT2D eigenvalue weighted by atomic mass is 10.1. The van der Waals surface area contributed by atoms with Crippen molar-refractivity contribution in [2.75, 3.05) is 12.4 Å². The highest BCUT2D eigenvalue weighted by Gasteiger charge is 2.27. The van der Waals surface area contributed by atoms with E-state index in [4.69, 9.17) is 15.2 Å². The summed E-state index contributed by atoms with van der Waals surface area (Å²) in [6.07, 6.45) is -1.11. The van der Waals surface area contributed by atoms with Gasteiger partial charge in [0.05, 0.1) is 23.9 Å². The van der Waals surface area contributed by atoms with Gasteiger partial charge in [-0.25, -0.2) is 14.4 Å². The van der Waals surface area contributed by atoms with Crippen LogP contribution in [0.25, 0.3) is 0 Å². The summed E-state index contributed by atoms with van der Waals surface area (Å²) in [4.78, 5) is 50.6. The number of amides is 2. The monoisotopic (exact) mass is 387 g/mol. The molecule has 1 aromatic heterocycles. The number of hydrogen-bond donors (Lipinski definition) is 3. The van der Waals surface area contributed by atoms with E-state index >= 15 is 0 Å². The van der Waals surface area contributed by atoms with E-state index in [0.29, 0.717) is 16.9 Å². The lowest BCUT2D eigenvalue weighted by Gasteiger charge is -2.13. The Kier molecular flexibility index (Phi) is 6.19. The van der Waals surface area contributed by atoms with Crippen LogP contribution in [0.1, 0.15) is 49.4 Å². The summed E-state index contributed by atoms with van der Waals surface area (Å²) in [5.41, 5.74) is 6.85. The number of ketones is 1. The number of ether oxygens (including phenoxy) is 2. The maximum Gasteiger partial charge on any atom is 0.339 e. The number of nitrogens with two attached hydrogens (primary N) is 1. The fourth-order valence-corrected chi connectivity index (χ4v) is 2.76. The Bertz CT molecular complexity index is 947. The number of carbonyl (C=O) groups is 4. The van der Waals surface area contributed by atoms with E-state index in [1.54, 1.807) is 19.9 Å². The Labute approximate surface area is 161 Å². The number of methoxy groups -OCH3 is 1. The lowest BCUT2D eigenvalue weighted by molar-refractivity contribution is 0.0317. The van der Waals surface area contributed by atoms with Crippen LogP contribution in [0.3, 0.4) is 0 Å². The van der Waals surface area contributed by atoms with Gasteiger partial charge in [0.25, 0.3) is 0 Å². The van der Waals surface area contributed by atoms with Gasteiger partial charge in [-0.05, 0) is 44.5 Å². The third kappa shape index (κ3) is 4.37. The molecule has 0 fully saturated rings. The third-order valence-electron chi connectivity index (χ3n) is 4.09. The minimum atomic E-state index is -1.11. The molecule has 0 aliphatic rings. The zero-order chi connectivity index (χ0) is 21.0. The van der Waals surface area contributed by atoms with Crippen molar-refractivity contribution in [2.24, 2.45) is 5.73 Å². The van der Waals surface area contributed by atoms with Crippen LogP contribution in [-0.2, 0) is 9.47 Å². The molecule has 4 N–H and O–H groups in total. The minimum absolute atomic E-state index is 0.139. The van der Waals surface area contributed by atoms with Gasteiger partial charge < -0.3 is 25.5 Å². The number of aromatic nitrogens is 1. The number of aryl methyl sites for hydroxylation is 1. The van der Waals surface area contributed by atoms with Crippen molar-refractivity contribution in [3.8, 4) is 0 Å². The number of carbonyl (C=O) groups excluding carboxylic acids is 4. The molecule has 0 spiro atoms. The zero-order valence-electron chi connectivity index (χ0n) is 15.9. The fraction of sp³-hybridized carbons (Fsp3) is 0.263. The Morgan fingerprint density at radius 3 is 2.43 bits per heavy atom. The first-order valence-electron chi connectivity index (χ1n) is 8.34. The summed E-state index contributed by atoms with van der Waals surface area (Å²) < 4.78 is 9.95. The number of nitrogens with one attached hydrogen (secondary N) is 2. The smallest absolute Gasteiger partial charge is 0.339 e. The second kappa shape index (κ2) is 8.38. The van der Waals surface area contributed by atoms with Crippen LogP contribution in [-0.4, -0.2) is 42.0 Å². The number of H-pyrrole nitrogens is 1. The molecule has 1 atom stereocenters. The van der Waals surface area contributed by atoms with Crippen LogP contribution >= 0.6 is 0 Å². The Hall–Kier alpha value is -3.62. The molecule has 0 saturated carbocycles. The predicted octanol–water partition coefficient (Wildman–Crippen LogP) is 2.34. The van der Waals surface area contributed by atoms with Crippen LogP contribution < -0.4 is 11.1 Å². The van der Waals surface area contributed by atoms with Crippen LogP contribution in [0.2, 0.25) is 0 Å². The maximum absolute atomic E-state index is 12.7. The standard InChI is InChI=1S/C19H21N3O6/c1-9-14(18(25)27-4)10(2)21-15(9)16(23)11(3)28-17(24)12-6-5-7-13(8-12)22-19(20)26/h5-8,11,21H,1-4H3,(H3,20,22,26)/t11-/m1/s1. The number of esters is 2. The largest absolute Gasteiger partial charge is 0.465 e. The minimum Gasteiger partial charge on any atom is -0.465 e. The van der Waals surface area contributed by atoms with Crippen molar-refractivity contribution >= 4 is 29.4 Å². The quantitative estimate of drug-likeness (QED) is 0.513. The van der Waals surface area contributed by atoms with Gasteiger partial charge in [0, 0.05) is 11.4 Å². The summed E-state index contributed by atoms with van der Waals surface area (Å²) in [6.45, 7) is 4.68. The third-order valence-corrected chi connectivity index (χ3v) is 4.09. The average molecular weight is 387 g/mol. The van der Waals surface area contributed by atoms with Crippen molar-refractivity contribution in [1.29, 1.82) is 0 Å². The van der Waals surface area contributed by atoms with Gasteiger partial charge in [0.15, 0.2) is 6.10 Å². The molecule has 0 aliphatic carbocycles. The van der Waals surface area contributed by atoms with E-state index < -0.39 is 29.9 Å². The number of aromatic amines is 1. The predicted molar refractivity (Wildman–Crippen MR) is 100 cm³/mol. The lowest BCUT2D eigenvalue weighted by Crippen LogP contribution is -2.25. The molecule has 1 aromatic carbocycles. The van der Waals surface area contributed by atoms with Gasteiger partial charge >= 0.3 is 18.0 Å². The number of urea groups is 1. The number of rotatable bonds is 6. The second-order valence-corrected chi connectivity index (χ2v) is 6.10. The first kappa shape index (κ1) is 20.7. The normalized spacial score (nSPS) is 11.4. The summed E-state index contributed by atoms with van der Waals surface area (Å²) in [5, 5.41) is 2.35. The first-order valence-corrected chi connectivity index (χ1v) is 8.34. The summed E-state index contributed by atoms with van der Waals surface area (Å²) in [7, 11) is 1.25. The number of primary amides is 1. The Morgan fingerprint density at radius 2 is 1.82 bits per heavy atom. The van der Waals surface area contributed by atoms with Crippen LogP contribution in [0, 0.1) is 13.8 Å². The molecule has 9 nitrogen and oxygen atoms in total. The molecule has 0 aliphatic heterocycles. The SMILES string of the molecule is COC(=O)c1c(C)[nH]c(C(=O)[C@@H](C)OC(=O)c2cccc(NC(N)=O)c2)c1C. The number of Topliss-reactive ketones (excluding diaryl/α,β-unsaturated/α-hetero) is 1. The van der Waals surface area contributed by atoms with E-state index in [1.165, 1.54) is 32.2 Å². The molecule has 0 bridgehead atoms. The molecule has 0 saturated heterocycles. The van der Waals surface area contributed by atoms with Crippen LogP contribution in [0.4, 0.5) is 10.5 Å². The summed E-state index contributed by atoms with van der Waals surface area (Å²) in [6, 6.07) is 5.17. The molecule has 148 valence electrons. The van der Waals surface area contributed by atoms with E-state index in [1.807, 2.05) is 0 Å². The van der Waals surface area contributed by atoms with E-state index in [9.17, 15) is 19.2 Å². The van der Waals surface area contributed by atoms with Crippen molar-refractivity contribution in [3.63, 3.8) is 0 Å². The molecule has 1 heterocycles. The zero-order valence-corrected chi connectivity index (χ0v) is 15.9. The average Bonchev–Trinajstić information content (AvgIpc) is 2.94. The van der Waals surface area contributed by atoms with Gasteiger partial charge in [-0.3, -0.25) is 4.79 Å². The van der Waals surface area contributed by atoms with Crippen molar-refractivity contribution in [1.82, 2.24) is 4.98 Å². The highest BCUT2D eigenvalue weighted by molar-refractivity contribution is 6.04. The molecular weight excluding hydrogens is 366 g/mol. The Morgan fingerprint density at radius 1 is 1.14 bits per heavy atom. The molecule has 2 amide bonds. The van der Waals surface area contributed by atoms with Crippen LogP contribution in [0.5, 0.6) is 0 Å². The van der Waals surface area contributed by atoms with Crippen molar-refractivity contribution < 1.29 is 28.7 Å². The molecule has 28 heavy (non-hydrogen) atoms. The second-order valence-electron chi connectivity index (χ2n) is 6.10. The topological polar surface area (TPSA) is 141 Å².